The van der Waals surface area contributed by atoms with E-state index in [0.717, 1.165) is 17.6 Å². The molecule has 0 saturated carbocycles. The fourth-order valence-electron chi connectivity index (χ4n) is 2.46. The fraction of sp³-hybridized carbons (Fsp3) is 0.211. The Morgan fingerprint density at radius 2 is 1.65 bits per heavy atom. The fourth-order valence-corrected chi connectivity index (χ4v) is 2.46. The van der Waals surface area contributed by atoms with Crippen LogP contribution in [0, 0.1) is 26.2 Å². The first kappa shape index (κ1) is 14.3. The zero-order chi connectivity index (χ0) is 14.5. The zero-order valence-corrected chi connectivity index (χ0v) is 12.4. The van der Waals surface area contributed by atoms with Gasteiger partial charge in [-0.15, -0.1) is 0 Å². The predicted molar refractivity (Wildman–Crippen MR) is 87.6 cm³/mol. The summed E-state index contributed by atoms with van der Waals surface area (Å²) in [5.74, 6) is 0. The highest BCUT2D eigenvalue weighted by molar-refractivity contribution is 6.08. The maximum atomic E-state index is 7.66. The number of nitrogens with one attached hydrogen (secondary N) is 1. The number of hydrogen-bond donors (Lipinski definition) is 1. The van der Waals surface area contributed by atoms with Gasteiger partial charge in [0, 0.05) is 6.21 Å². The van der Waals surface area contributed by atoms with Crippen molar-refractivity contribution in [2.24, 2.45) is 0 Å². The second-order valence-corrected chi connectivity index (χ2v) is 5.31. The SMILES string of the molecule is Cc1cc(C)cc(/C(C=N)=C/Cc2ccccc2C)c1. The summed E-state index contributed by atoms with van der Waals surface area (Å²) in [7, 11) is 0. The number of allylic oxidation sites excluding steroid dienone is 2. The van der Waals surface area contributed by atoms with Crippen LogP contribution in [0.5, 0.6) is 0 Å². The van der Waals surface area contributed by atoms with Crippen LogP contribution < -0.4 is 0 Å². The van der Waals surface area contributed by atoms with Gasteiger partial charge in [0.1, 0.15) is 0 Å². The number of rotatable bonds is 4. The molecule has 0 fully saturated rings. The third-order valence-electron chi connectivity index (χ3n) is 3.51. The molecule has 2 aromatic rings. The molecule has 0 spiro atoms. The Labute approximate surface area is 121 Å². The Morgan fingerprint density at radius 1 is 1.00 bits per heavy atom. The van der Waals surface area contributed by atoms with Crippen molar-refractivity contribution < 1.29 is 0 Å². The van der Waals surface area contributed by atoms with Gasteiger partial charge in [-0.05, 0) is 49.5 Å². The lowest BCUT2D eigenvalue weighted by molar-refractivity contribution is 1.22. The van der Waals surface area contributed by atoms with Gasteiger partial charge in [0.25, 0.3) is 0 Å². The highest BCUT2D eigenvalue weighted by Gasteiger charge is 2.02. The molecule has 0 unspecified atom stereocenters. The van der Waals surface area contributed by atoms with Crippen molar-refractivity contribution in [2.75, 3.05) is 0 Å². The summed E-state index contributed by atoms with van der Waals surface area (Å²) in [4.78, 5) is 0. The molecule has 2 aromatic carbocycles. The number of benzene rings is 2. The minimum atomic E-state index is 0.865. The van der Waals surface area contributed by atoms with Crippen molar-refractivity contribution in [1.29, 1.82) is 5.41 Å². The lowest BCUT2D eigenvalue weighted by atomic mass is 9.98. The summed E-state index contributed by atoms with van der Waals surface area (Å²) in [6, 6.07) is 14.8. The lowest BCUT2D eigenvalue weighted by Crippen LogP contribution is -1.92. The Morgan fingerprint density at radius 3 is 2.25 bits per heavy atom. The second kappa shape index (κ2) is 6.33. The summed E-state index contributed by atoms with van der Waals surface area (Å²) in [6.07, 6.45) is 4.46. The molecule has 0 aliphatic rings. The molecule has 0 aromatic heterocycles. The van der Waals surface area contributed by atoms with Crippen molar-refractivity contribution in [3.63, 3.8) is 0 Å². The van der Waals surface area contributed by atoms with Crippen LogP contribution >= 0.6 is 0 Å². The molecule has 102 valence electrons. The van der Waals surface area contributed by atoms with E-state index in [2.05, 4.69) is 69.3 Å². The van der Waals surface area contributed by atoms with Crippen molar-refractivity contribution in [3.05, 3.63) is 76.4 Å². The molecule has 0 atom stereocenters. The molecule has 2 rings (SSSR count). The molecule has 0 saturated heterocycles. The first-order valence-corrected chi connectivity index (χ1v) is 6.94. The van der Waals surface area contributed by atoms with E-state index < -0.39 is 0 Å². The first-order valence-electron chi connectivity index (χ1n) is 6.94. The van der Waals surface area contributed by atoms with Crippen LogP contribution in [0.1, 0.15) is 27.8 Å². The minimum Gasteiger partial charge on any atom is -0.308 e. The summed E-state index contributed by atoms with van der Waals surface area (Å²) >= 11 is 0. The van der Waals surface area contributed by atoms with Crippen LogP contribution in [-0.2, 0) is 6.42 Å². The van der Waals surface area contributed by atoms with Gasteiger partial charge in [0.15, 0.2) is 0 Å². The molecular weight excluding hydrogens is 242 g/mol. The van der Waals surface area contributed by atoms with Crippen molar-refractivity contribution in [1.82, 2.24) is 0 Å². The Bertz CT molecular complexity index is 630. The second-order valence-electron chi connectivity index (χ2n) is 5.31. The van der Waals surface area contributed by atoms with Crippen LogP contribution in [-0.4, -0.2) is 6.21 Å². The van der Waals surface area contributed by atoms with Gasteiger partial charge in [-0.1, -0.05) is 59.7 Å². The molecule has 0 heterocycles. The van der Waals surface area contributed by atoms with Crippen molar-refractivity contribution in [2.45, 2.75) is 27.2 Å². The zero-order valence-electron chi connectivity index (χ0n) is 12.4. The maximum absolute atomic E-state index is 7.66. The van der Waals surface area contributed by atoms with Gasteiger partial charge in [-0.3, -0.25) is 0 Å². The Kier molecular flexibility index (Phi) is 4.52. The topological polar surface area (TPSA) is 23.9 Å². The van der Waals surface area contributed by atoms with E-state index in [4.69, 9.17) is 5.41 Å². The summed E-state index contributed by atoms with van der Waals surface area (Å²) in [5, 5.41) is 7.66. The summed E-state index contributed by atoms with van der Waals surface area (Å²) in [5.41, 5.74) is 7.21. The Balaban J connectivity index is 2.30. The maximum Gasteiger partial charge on any atom is 0.0253 e. The van der Waals surface area contributed by atoms with Gasteiger partial charge in [0.05, 0.1) is 0 Å². The van der Waals surface area contributed by atoms with Crippen LogP contribution in [0.25, 0.3) is 5.57 Å². The summed E-state index contributed by atoms with van der Waals surface area (Å²) < 4.78 is 0. The van der Waals surface area contributed by atoms with E-state index in [1.807, 2.05) is 0 Å². The molecule has 20 heavy (non-hydrogen) atoms. The molecule has 0 amide bonds. The third-order valence-corrected chi connectivity index (χ3v) is 3.51. The van der Waals surface area contributed by atoms with Gasteiger partial charge in [-0.25, -0.2) is 0 Å². The molecule has 0 radical (unpaired) electrons. The average molecular weight is 263 g/mol. The third kappa shape index (κ3) is 3.45. The van der Waals surface area contributed by atoms with E-state index >= 15 is 0 Å². The number of hydrogen-bond acceptors (Lipinski definition) is 1. The van der Waals surface area contributed by atoms with E-state index in [-0.39, 0.29) is 0 Å². The number of aryl methyl sites for hydroxylation is 3. The van der Waals surface area contributed by atoms with E-state index in [1.165, 1.54) is 28.5 Å². The normalized spacial score (nSPS) is 11.4. The van der Waals surface area contributed by atoms with Gasteiger partial charge in [-0.2, -0.15) is 0 Å². The smallest absolute Gasteiger partial charge is 0.0253 e. The summed E-state index contributed by atoms with van der Waals surface area (Å²) in [6.45, 7) is 6.32. The van der Waals surface area contributed by atoms with Crippen LogP contribution in [0.2, 0.25) is 0 Å². The van der Waals surface area contributed by atoms with E-state index in [1.54, 1.807) is 0 Å². The molecule has 0 aliphatic heterocycles. The van der Waals surface area contributed by atoms with Crippen molar-refractivity contribution in [3.8, 4) is 0 Å². The predicted octanol–water partition coefficient (Wildman–Crippen LogP) is 4.89. The van der Waals surface area contributed by atoms with Gasteiger partial charge < -0.3 is 5.41 Å². The first-order chi connectivity index (χ1) is 9.60. The van der Waals surface area contributed by atoms with Crippen LogP contribution in [0.15, 0.2) is 48.5 Å². The van der Waals surface area contributed by atoms with E-state index in [9.17, 15) is 0 Å². The lowest BCUT2D eigenvalue weighted by Gasteiger charge is -2.07. The monoisotopic (exact) mass is 263 g/mol. The van der Waals surface area contributed by atoms with E-state index in [0.29, 0.717) is 0 Å². The molecule has 1 N–H and O–H groups in total. The minimum absolute atomic E-state index is 0.865. The standard InChI is InChI=1S/C19H21N/c1-14-10-15(2)12-19(11-14)18(13-20)9-8-17-7-5-4-6-16(17)3/h4-7,9-13,20H,8H2,1-3H3/b18-9+,20-13?. The quantitative estimate of drug-likeness (QED) is 0.760. The van der Waals surface area contributed by atoms with Gasteiger partial charge in [0.2, 0.25) is 0 Å². The Hall–Kier alpha value is -2.15. The van der Waals surface area contributed by atoms with Crippen LogP contribution in [0.4, 0.5) is 0 Å². The molecule has 1 nitrogen and oxygen atoms in total. The molecule has 0 aliphatic carbocycles. The molecule has 1 heteroatoms. The average Bonchev–Trinajstić information content (AvgIpc) is 2.40. The molecule has 0 bridgehead atoms. The van der Waals surface area contributed by atoms with Crippen molar-refractivity contribution >= 4 is 11.8 Å². The molecular formula is C19H21N. The largest absolute Gasteiger partial charge is 0.308 e. The van der Waals surface area contributed by atoms with Crippen LogP contribution in [0.3, 0.4) is 0 Å². The van der Waals surface area contributed by atoms with Gasteiger partial charge >= 0.3 is 0 Å². The highest BCUT2D eigenvalue weighted by atomic mass is 14.3. The highest BCUT2D eigenvalue weighted by Crippen LogP contribution is 2.18.